The summed E-state index contributed by atoms with van der Waals surface area (Å²) in [6.07, 6.45) is 0.896. The van der Waals surface area contributed by atoms with Crippen LogP contribution in [0.5, 0.6) is 0 Å². The highest BCUT2D eigenvalue weighted by atomic mass is 16.1. The van der Waals surface area contributed by atoms with Crippen LogP contribution in [0, 0.1) is 13.8 Å². The van der Waals surface area contributed by atoms with E-state index in [1.807, 2.05) is 54.1 Å². The van der Waals surface area contributed by atoms with E-state index < -0.39 is 0 Å². The molecule has 1 amide bonds. The number of carbonyl (C=O) groups is 1. The summed E-state index contributed by atoms with van der Waals surface area (Å²) in [6.45, 7) is 6.31. The van der Waals surface area contributed by atoms with Gasteiger partial charge in [-0.2, -0.15) is 5.10 Å². The largest absolute Gasteiger partial charge is 0.375 e. The molecule has 0 spiro atoms. The van der Waals surface area contributed by atoms with Crippen molar-refractivity contribution in [3.63, 3.8) is 0 Å². The van der Waals surface area contributed by atoms with Crippen LogP contribution in [-0.4, -0.2) is 35.8 Å². The number of rotatable bonds is 8. The molecule has 0 saturated heterocycles. The number of anilines is 1. The van der Waals surface area contributed by atoms with E-state index in [2.05, 4.69) is 47.5 Å². The summed E-state index contributed by atoms with van der Waals surface area (Å²) in [7, 11) is 2.07. The van der Waals surface area contributed by atoms with Crippen molar-refractivity contribution in [1.29, 1.82) is 0 Å². The van der Waals surface area contributed by atoms with Gasteiger partial charge in [-0.1, -0.05) is 30.3 Å². The van der Waals surface area contributed by atoms with Crippen molar-refractivity contribution in [3.05, 3.63) is 83.2 Å². The molecule has 5 nitrogen and oxygen atoms in total. The molecule has 0 radical (unpaired) electrons. The van der Waals surface area contributed by atoms with Crippen LogP contribution < -0.4 is 10.2 Å². The van der Waals surface area contributed by atoms with Crippen molar-refractivity contribution >= 4 is 11.6 Å². The van der Waals surface area contributed by atoms with Crippen molar-refractivity contribution in [1.82, 2.24) is 15.1 Å². The quantitative estimate of drug-likeness (QED) is 0.608. The standard InChI is InChI=1S/C23H28N4O/c1-18-16-19(2)27(25-18)17-20-10-12-21(13-11-20)23(28)24-14-7-15-26(3)22-8-5-4-6-9-22/h4-6,8-13,16H,7,14-15,17H2,1-3H3,(H,24,28). The molecule has 0 aliphatic carbocycles. The molecule has 146 valence electrons. The summed E-state index contributed by atoms with van der Waals surface area (Å²) in [5.74, 6) is -0.0278. The first-order valence-corrected chi connectivity index (χ1v) is 9.67. The van der Waals surface area contributed by atoms with E-state index in [0.29, 0.717) is 18.7 Å². The number of aryl methyl sites for hydroxylation is 2. The third kappa shape index (κ3) is 5.22. The molecule has 5 heteroatoms. The molecule has 3 aromatic rings. The summed E-state index contributed by atoms with van der Waals surface area (Å²) >= 11 is 0. The highest BCUT2D eigenvalue weighted by Gasteiger charge is 2.07. The highest BCUT2D eigenvalue weighted by molar-refractivity contribution is 5.94. The topological polar surface area (TPSA) is 50.2 Å². The van der Waals surface area contributed by atoms with Gasteiger partial charge in [0.25, 0.3) is 5.91 Å². The SMILES string of the molecule is Cc1cc(C)n(Cc2ccc(C(=O)NCCCN(C)c3ccccc3)cc2)n1. The van der Waals surface area contributed by atoms with Crippen LogP contribution in [0.15, 0.2) is 60.7 Å². The van der Waals surface area contributed by atoms with E-state index in [0.717, 1.165) is 29.9 Å². The van der Waals surface area contributed by atoms with E-state index in [4.69, 9.17) is 0 Å². The molecule has 0 unspecified atom stereocenters. The lowest BCUT2D eigenvalue weighted by Gasteiger charge is -2.19. The first-order valence-electron chi connectivity index (χ1n) is 9.67. The Hall–Kier alpha value is -3.08. The summed E-state index contributed by atoms with van der Waals surface area (Å²) in [5, 5.41) is 7.49. The Morgan fingerprint density at radius 2 is 1.79 bits per heavy atom. The summed E-state index contributed by atoms with van der Waals surface area (Å²) in [5.41, 5.74) is 5.17. The zero-order valence-electron chi connectivity index (χ0n) is 16.9. The molecular weight excluding hydrogens is 348 g/mol. The van der Waals surface area contributed by atoms with Crippen LogP contribution in [-0.2, 0) is 6.54 Å². The maximum Gasteiger partial charge on any atom is 0.251 e. The van der Waals surface area contributed by atoms with Gasteiger partial charge in [0.1, 0.15) is 0 Å². The van der Waals surface area contributed by atoms with Gasteiger partial charge in [0.15, 0.2) is 0 Å². The molecule has 0 bridgehead atoms. The molecular formula is C23H28N4O. The Labute approximate surface area is 167 Å². The predicted molar refractivity (Wildman–Crippen MR) is 114 cm³/mol. The minimum Gasteiger partial charge on any atom is -0.375 e. The highest BCUT2D eigenvalue weighted by Crippen LogP contribution is 2.11. The molecule has 1 N–H and O–H groups in total. The van der Waals surface area contributed by atoms with Crippen LogP contribution in [0.4, 0.5) is 5.69 Å². The predicted octanol–water partition coefficient (Wildman–Crippen LogP) is 3.80. The van der Waals surface area contributed by atoms with Gasteiger partial charge in [0.2, 0.25) is 0 Å². The minimum atomic E-state index is -0.0278. The average Bonchev–Trinajstić information content (AvgIpc) is 3.03. The van der Waals surface area contributed by atoms with Gasteiger partial charge in [0.05, 0.1) is 12.2 Å². The lowest BCUT2D eigenvalue weighted by atomic mass is 10.1. The van der Waals surface area contributed by atoms with E-state index in [1.54, 1.807) is 0 Å². The fourth-order valence-corrected chi connectivity index (χ4v) is 3.20. The third-order valence-corrected chi connectivity index (χ3v) is 4.80. The van der Waals surface area contributed by atoms with E-state index in [-0.39, 0.29) is 5.91 Å². The number of aromatic nitrogens is 2. The van der Waals surface area contributed by atoms with Crippen LogP contribution in [0.25, 0.3) is 0 Å². The number of amides is 1. The monoisotopic (exact) mass is 376 g/mol. The Morgan fingerprint density at radius 3 is 2.43 bits per heavy atom. The lowest BCUT2D eigenvalue weighted by Crippen LogP contribution is -2.28. The zero-order valence-corrected chi connectivity index (χ0v) is 16.9. The maximum atomic E-state index is 12.3. The Morgan fingerprint density at radius 1 is 1.07 bits per heavy atom. The normalized spacial score (nSPS) is 10.7. The number of hydrogen-bond donors (Lipinski definition) is 1. The molecule has 3 rings (SSSR count). The number of hydrogen-bond acceptors (Lipinski definition) is 3. The molecule has 28 heavy (non-hydrogen) atoms. The average molecular weight is 377 g/mol. The fourth-order valence-electron chi connectivity index (χ4n) is 3.20. The van der Waals surface area contributed by atoms with Crippen LogP contribution in [0.2, 0.25) is 0 Å². The second kappa shape index (κ2) is 9.22. The number of nitrogens with zero attached hydrogens (tertiary/aromatic N) is 3. The minimum absolute atomic E-state index is 0.0278. The lowest BCUT2D eigenvalue weighted by molar-refractivity contribution is 0.0953. The van der Waals surface area contributed by atoms with Crippen LogP contribution >= 0.6 is 0 Å². The Balaban J connectivity index is 1.45. The molecule has 1 aromatic heterocycles. The van der Waals surface area contributed by atoms with Crippen molar-refractivity contribution in [2.24, 2.45) is 0 Å². The maximum absolute atomic E-state index is 12.3. The molecule has 0 aliphatic rings. The van der Waals surface area contributed by atoms with Crippen molar-refractivity contribution in [3.8, 4) is 0 Å². The molecule has 0 saturated carbocycles. The van der Waals surface area contributed by atoms with Gasteiger partial charge in [-0.05, 0) is 56.2 Å². The van der Waals surface area contributed by atoms with Crippen LogP contribution in [0.3, 0.4) is 0 Å². The molecule has 0 fully saturated rings. The number of nitrogens with one attached hydrogen (secondary N) is 1. The first kappa shape index (κ1) is 19.7. The molecule has 1 heterocycles. The van der Waals surface area contributed by atoms with Crippen LogP contribution in [0.1, 0.15) is 33.7 Å². The van der Waals surface area contributed by atoms with Crippen molar-refractivity contribution in [2.75, 3.05) is 25.0 Å². The molecule has 0 aliphatic heterocycles. The van der Waals surface area contributed by atoms with Crippen molar-refractivity contribution in [2.45, 2.75) is 26.8 Å². The number of carbonyl (C=O) groups excluding carboxylic acids is 1. The second-order valence-corrected chi connectivity index (χ2v) is 7.15. The first-order chi connectivity index (χ1) is 13.5. The van der Waals surface area contributed by atoms with Crippen molar-refractivity contribution < 1.29 is 4.79 Å². The van der Waals surface area contributed by atoms with E-state index >= 15 is 0 Å². The van der Waals surface area contributed by atoms with Gasteiger partial charge in [-0.3, -0.25) is 9.48 Å². The second-order valence-electron chi connectivity index (χ2n) is 7.15. The van der Waals surface area contributed by atoms with Gasteiger partial charge in [0, 0.05) is 37.1 Å². The van der Waals surface area contributed by atoms with Gasteiger partial charge < -0.3 is 10.2 Å². The number of para-hydroxylation sites is 1. The summed E-state index contributed by atoms with van der Waals surface area (Å²) in [6, 6.07) is 20.1. The van der Waals surface area contributed by atoms with Gasteiger partial charge in [-0.25, -0.2) is 0 Å². The third-order valence-electron chi connectivity index (χ3n) is 4.80. The summed E-state index contributed by atoms with van der Waals surface area (Å²) in [4.78, 5) is 14.5. The zero-order chi connectivity index (χ0) is 19.9. The summed E-state index contributed by atoms with van der Waals surface area (Å²) < 4.78 is 1.98. The Bertz CT molecular complexity index is 900. The molecule has 2 aromatic carbocycles. The van der Waals surface area contributed by atoms with Gasteiger partial charge >= 0.3 is 0 Å². The van der Waals surface area contributed by atoms with E-state index in [9.17, 15) is 4.79 Å². The number of benzene rings is 2. The smallest absolute Gasteiger partial charge is 0.251 e. The van der Waals surface area contributed by atoms with E-state index in [1.165, 1.54) is 5.69 Å². The fraction of sp³-hybridized carbons (Fsp3) is 0.304. The molecule has 0 atom stereocenters. The van der Waals surface area contributed by atoms with Gasteiger partial charge in [-0.15, -0.1) is 0 Å². The Kier molecular flexibility index (Phi) is 6.48.